The molecule has 3 heteroatoms. The predicted octanol–water partition coefficient (Wildman–Crippen LogP) is 2.39. The molecule has 1 aromatic rings. The monoisotopic (exact) mass is 249 g/mol. The van der Waals surface area contributed by atoms with E-state index in [0.29, 0.717) is 0 Å². The highest BCUT2D eigenvalue weighted by Crippen LogP contribution is 2.34. The first-order valence-electron chi connectivity index (χ1n) is 6.77. The number of nitrogens with zero attached hydrogens (tertiary/aromatic N) is 1. The topological polar surface area (TPSA) is 32.7 Å². The standard InChI is InChI=1S/C15H23NO2/c1-3-16-10-5-8-15(17,9-11-16)13-6-4-7-14(12-13)18-2/h4,6-7,12,17H,3,5,8-11H2,1-2H3. The van der Waals surface area contributed by atoms with Crippen molar-refractivity contribution in [2.45, 2.75) is 31.8 Å². The maximum Gasteiger partial charge on any atom is 0.119 e. The number of benzene rings is 1. The van der Waals surface area contributed by atoms with Crippen molar-refractivity contribution in [2.24, 2.45) is 0 Å². The fraction of sp³-hybridized carbons (Fsp3) is 0.600. The third kappa shape index (κ3) is 2.85. The molecule has 0 aliphatic carbocycles. The second kappa shape index (κ2) is 5.72. The molecule has 1 fully saturated rings. The van der Waals surface area contributed by atoms with E-state index < -0.39 is 5.60 Å². The highest BCUT2D eigenvalue weighted by atomic mass is 16.5. The number of aliphatic hydroxyl groups is 1. The van der Waals surface area contributed by atoms with Crippen molar-refractivity contribution < 1.29 is 9.84 Å². The Morgan fingerprint density at radius 2 is 2.17 bits per heavy atom. The number of likely N-dealkylation sites (tertiary alicyclic amines) is 1. The smallest absolute Gasteiger partial charge is 0.119 e. The molecular formula is C15H23NO2. The van der Waals surface area contributed by atoms with Crippen LogP contribution < -0.4 is 4.74 Å². The van der Waals surface area contributed by atoms with Gasteiger partial charge in [0.05, 0.1) is 12.7 Å². The first-order valence-corrected chi connectivity index (χ1v) is 6.77. The lowest BCUT2D eigenvalue weighted by Gasteiger charge is -2.27. The Kier molecular flexibility index (Phi) is 4.25. The fourth-order valence-electron chi connectivity index (χ4n) is 2.69. The average Bonchev–Trinajstić information content (AvgIpc) is 2.61. The zero-order chi connectivity index (χ0) is 13.0. The van der Waals surface area contributed by atoms with Gasteiger partial charge < -0.3 is 14.7 Å². The Labute approximate surface area is 109 Å². The molecule has 0 amide bonds. The molecule has 18 heavy (non-hydrogen) atoms. The highest BCUT2D eigenvalue weighted by Gasteiger charge is 2.31. The van der Waals surface area contributed by atoms with E-state index in [9.17, 15) is 5.11 Å². The first kappa shape index (κ1) is 13.4. The summed E-state index contributed by atoms with van der Waals surface area (Å²) in [5, 5.41) is 10.9. The number of rotatable bonds is 3. The molecule has 0 aromatic heterocycles. The van der Waals surface area contributed by atoms with Gasteiger partial charge in [0.15, 0.2) is 0 Å². The molecule has 1 aliphatic heterocycles. The predicted molar refractivity (Wildman–Crippen MR) is 72.9 cm³/mol. The number of methoxy groups -OCH3 is 1. The van der Waals surface area contributed by atoms with Gasteiger partial charge in [0.1, 0.15) is 5.75 Å². The van der Waals surface area contributed by atoms with Gasteiger partial charge in [-0.15, -0.1) is 0 Å². The summed E-state index contributed by atoms with van der Waals surface area (Å²) in [7, 11) is 1.66. The summed E-state index contributed by atoms with van der Waals surface area (Å²) in [6, 6.07) is 7.84. The van der Waals surface area contributed by atoms with Crippen LogP contribution in [0.15, 0.2) is 24.3 Å². The molecule has 0 saturated carbocycles. The van der Waals surface area contributed by atoms with Crippen LogP contribution >= 0.6 is 0 Å². The van der Waals surface area contributed by atoms with Crippen molar-refractivity contribution in [2.75, 3.05) is 26.7 Å². The molecule has 0 radical (unpaired) electrons. The molecule has 1 aliphatic rings. The first-order chi connectivity index (χ1) is 8.68. The average molecular weight is 249 g/mol. The van der Waals surface area contributed by atoms with Gasteiger partial charge >= 0.3 is 0 Å². The quantitative estimate of drug-likeness (QED) is 0.893. The summed E-state index contributed by atoms with van der Waals surface area (Å²) in [4.78, 5) is 2.40. The second-order valence-electron chi connectivity index (χ2n) is 5.05. The minimum absolute atomic E-state index is 0.696. The normalized spacial score (nSPS) is 25.7. The van der Waals surface area contributed by atoms with E-state index in [-0.39, 0.29) is 0 Å². The second-order valence-corrected chi connectivity index (χ2v) is 5.05. The molecule has 0 spiro atoms. The fourth-order valence-corrected chi connectivity index (χ4v) is 2.69. The van der Waals surface area contributed by atoms with Crippen molar-refractivity contribution in [1.29, 1.82) is 0 Å². The number of hydrogen-bond donors (Lipinski definition) is 1. The molecule has 1 aromatic carbocycles. The van der Waals surface area contributed by atoms with E-state index in [1.807, 2.05) is 24.3 Å². The maximum absolute atomic E-state index is 10.9. The van der Waals surface area contributed by atoms with Gasteiger partial charge in [-0.3, -0.25) is 0 Å². The zero-order valence-electron chi connectivity index (χ0n) is 11.4. The van der Waals surface area contributed by atoms with Crippen molar-refractivity contribution in [1.82, 2.24) is 4.90 Å². The molecule has 1 saturated heterocycles. The SMILES string of the molecule is CCN1CCCC(O)(c2cccc(OC)c2)CC1. The molecule has 2 rings (SSSR count). The lowest BCUT2D eigenvalue weighted by Crippen LogP contribution is -2.29. The van der Waals surface area contributed by atoms with Gasteiger partial charge in [0.2, 0.25) is 0 Å². The summed E-state index contributed by atoms with van der Waals surface area (Å²) in [6.07, 6.45) is 2.67. The molecule has 1 unspecified atom stereocenters. The van der Waals surface area contributed by atoms with Crippen molar-refractivity contribution in [3.63, 3.8) is 0 Å². The summed E-state index contributed by atoms with van der Waals surface area (Å²) in [6.45, 7) is 5.29. The molecule has 100 valence electrons. The summed E-state index contributed by atoms with van der Waals surface area (Å²) >= 11 is 0. The highest BCUT2D eigenvalue weighted by molar-refractivity contribution is 5.32. The van der Waals surface area contributed by atoms with Crippen LogP contribution in [0.5, 0.6) is 5.75 Å². The van der Waals surface area contributed by atoms with Crippen LogP contribution in [0, 0.1) is 0 Å². The van der Waals surface area contributed by atoms with Crippen LogP contribution in [0.4, 0.5) is 0 Å². The largest absolute Gasteiger partial charge is 0.497 e. The van der Waals surface area contributed by atoms with E-state index in [1.54, 1.807) is 7.11 Å². The van der Waals surface area contributed by atoms with Crippen molar-refractivity contribution >= 4 is 0 Å². The van der Waals surface area contributed by atoms with E-state index in [2.05, 4.69) is 11.8 Å². The molecule has 1 atom stereocenters. The number of hydrogen-bond acceptors (Lipinski definition) is 3. The van der Waals surface area contributed by atoms with E-state index in [0.717, 1.165) is 50.2 Å². The summed E-state index contributed by atoms with van der Waals surface area (Å²) < 4.78 is 5.24. The zero-order valence-corrected chi connectivity index (χ0v) is 11.4. The van der Waals surface area contributed by atoms with Gasteiger partial charge in [-0.05, 0) is 50.0 Å². The minimum Gasteiger partial charge on any atom is -0.497 e. The summed E-state index contributed by atoms with van der Waals surface area (Å²) in [5.41, 5.74) is 0.290. The Morgan fingerprint density at radius 3 is 2.89 bits per heavy atom. The van der Waals surface area contributed by atoms with Gasteiger partial charge in [-0.25, -0.2) is 0 Å². The Hall–Kier alpha value is -1.06. The Morgan fingerprint density at radius 1 is 1.33 bits per heavy atom. The Bertz CT molecular complexity index is 394. The van der Waals surface area contributed by atoms with Gasteiger partial charge in [-0.2, -0.15) is 0 Å². The van der Waals surface area contributed by atoms with Crippen LogP contribution in [-0.2, 0) is 5.60 Å². The lowest BCUT2D eigenvalue weighted by molar-refractivity contribution is 0.0212. The number of ether oxygens (including phenoxy) is 1. The third-order valence-electron chi connectivity index (χ3n) is 3.96. The third-order valence-corrected chi connectivity index (χ3v) is 3.96. The molecule has 3 nitrogen and oxygen atoms in total. The van der Waals surface area contributed by atoms with Crippen LogP contribution in [0.1, 0.15) is 31.7 Å². The van der Waals surface area contributed by atoms with E-state index in [4.69, 9.17) is 4.74 Å². The summed E-state index contributed by atoms with van der Waals surface area (Å²) in [5.74, 6) is 0.817. The lowest BCUT2D eigenvalue weighted by atomic mass is 9.87. The Balaban J connectivity index is 2.18. The van der Waals surface area contributed by atoms with Crippen LogP contribution in [-0.4, -0.2) is 36.8 Å². The van der Waals surface area contributed by atoms with Crippen LogP contribution in [0.2, 0.25) is 0 Å². The van der Waals surface area contributed by atoms with Crippen molar-refractivity contribution in [3.8, 4) is 5.75 Å². The van der Waals surface area contributed by atoms with Crippen LogP contribution in [0.25, 0.3) is 0 Å². The van der Waals surface area contributed by atoms with E-state index >= 15 is 0 Å². The molecule has 1 heterocycles. The van der Waals surface area contributed by atoms with Gasteiger partial charge in [0.25, 0.3) is 0 Å². The van der Waals surface area contributed by atoms with Gasteiger partial charge in [0, 0.05) is 6.54 Å². The van der Waals surface area contributed by atoms with Crippen LogP contribution in [0.3, 0.4) is 0 Å². The van der Waals surface area contributed by atoms with Gasteiger partial charge in [-0.1, -0.05) is 19.1 Å². The van der Waals surface area contributed by atoms with E-state index in [1.165, 1.54) is 0 Å². The molecule has 1 N–H and O–H groups in total. The van der Waals surface area contributed by atoms with Crippen molar-refractivity contribution in [3.05, 3.63) is 29.8 Å². The molecular weight excluding hydrogens is 226 g/mol. The maximum atomic E-state index is 10.9. The minimum atomic E-state index is -0.696. The molecule has 0 bridgehead atoms.